The quantitative estimate of drug-likeness (QED) is 0.736. The molecule has 132 valence electrons. The average Bonchev–Trinajstić information content (AvgIpc) is 2.55. The molecule has 0 spiro atoms. The standard InChI is InChI=1S/C18H19NO5S/c1-12-3-7-15(8-4-12)17(20)11-14-5-9-16(10-6-14)25(23,24)19-13(2)18(21)22/h3-10,13,19H,11H2,1-2H3,(H,21,22)/t13-/m1/s1. The number of hydrogen-bond donors (Lipinski definition) is 2. The normalized spacial score (nSPS) is 12.6. The zero-order chi connectivity index (χ0) is 18.6. The average molecular weight is 361 g/mol. The molecule has 2 rings (SSSR count). The lowest BCUT2D eigenvalue weighted by atomic mass is 10.0. The highest BCUT2D eigenvalue weighted by Gasteiger charge is 2.21. The first-order chi connectivity index (χ1) is 11.7. The molecule has 0 fully saturated rings. The van der Waals surface area contributed by atoms with Crippen LogP contribution in [-0.4, -0.2) is 31.3 Å². The van der Waals surface area contributed by atoms with E-state index in [0.29, 0.717) is 11.1 Å². The number of carbonyl (C=O) groups excluding carboxylic acids is 1. The maximum atomic E-state index is 12.2. The molecule has 2 N–H and O–H groups in total. The zero-order valence-corrected chi connectivity index (χ0v) is 14.7. The Morgan fingerprint density at radius 2 is 1.60 bits per heavy atom. The van der Waals surface area contributed by atoms with Crippen molar-refractivity contribution >= 4 is 21.8 Å². The minimum atomic E-state index is -3.92. The minimum Gasteiger partial charge on any atom is -0.480 e. The monoisotopic (exact) mass is 361 g/mol. The molecule has 0 bridgehead atoms. The highest BCUT2D eigenvalue weighted by atomic mass is 32.2. The predicted molar refractivity (Wildman–Crippen MR) is 93.1 cm³/mol. The molecular weight excluding hydrogens is 342 g/mol. The van der Waals surface area contributed by atoms with E-state index in [0.717, 1.165) is 5.56 Å². The first-order valence-electron chi connectivity index (χ1n) is 7.63. The minimum absolute atomic E-state index is 0.0489. The summed E-state index contributed by atoms with van der Waals surface area (Å²) >= 11 is 0. The molecule has 25 heavy (non-hydrogen) atoms. The summed E-state index contributed by atoms with van der Waals surface area (Å²) in [4.78, 5) is 23.0. The molecule has 0 aromatic heterocycles. The molecule has 1 atom stereocenters. The zero-order valence-electron chi connectivity index (χ0n) is 13.9. The van der Waals surface area contributed by atoms with Crippen LogP contribution >= 0.6 is 0 Å². The number of hydrogen-bond acceptors (Lipinski definition) is 4. The Kier molecular flexibility index (Phi) is 5.71. The third-order valence-corrected chi connectivity index (χ3v) is 5.23. The van der Waals surface area contributed by atoms with Crippen LogP contribution < -0.4 is 4.72 Å². The van der Waals surface area contributed by atoms with Gasteiger partial charge in [-0.3, -0.25) is 9.59 Å². The SMILES string of the molecule is Cc1ccc(C(=O)Cc2ccc(S(=O)(=O)N[C@H](C)C(=O)O)cc2)cc1. The van der Waals surface area contributed by atoms with E-state index in [9.17, 15) is 18.0 Å². The Balaban J connectivity index is 2.10. The molecule has 2 aromatic carbocycles. The molecule has 0 aliphatic heterocycles. The molecule has 0 saturated heterocycles. The van der Waals surface area contributed by atoms with Gasteiger partial charge in [-0.05, 0) is 31.5 Å². The highest BCUT2D eigenvalue weighted by Crippen LogP contribution is 2.14. The molecule has 7 heteroatoms. The fraction of sp³-hybridized carbons (Fsp3) is 0.222. The van der Waals surface area contributed by atoms with Gasteiger partial charge in [-0.15, -0.1) is 0 Å². The maximum Gasteiger partial charge on any atom is 0.321 e. The largest absolute Gasteiger partial charge is 0.480 e. The summed E-state index contributed by atoms with van der Waals surface area (Å²) in [6, 6.07) is 11.8. The number of carboxylic acid groups (broad SMARTS) is 1. The highest BCUT2D eigenvalue weighted by molar-refractivity contribution is 7.89. The van der Waals surface area contributed by atoms with Gasteiger partial charge in [0.05, 0.1) is 4.90 Å². The van der Waals surface area contributed by atoms with Crippen LogP contribution in [0.4, 0.5) is 0 Å². The molecule has 0 heterocycles. The molecule has 0 aliphatic rings. The fourth-order valence-electron chi connectivity index (χ4n) is 2.16. The number of ketones is 1. The van der Waals surface area contributed by atoms with Gasteiger partial charge < -0.3 is 5.11 Å². The molecule has 0 aliphatic carbocycles. The second-order valence-electron chi connectivity index (χ2n) is 5.79. The fourth-order valence-corrected chi connectivity index (χ4v) is 3.36. The summed E-state index contributed by atoms with van der Waals surface area (Å²) in [5, 5.41) is 8.80. The molecule has 0 amide bonds. The van der Waals surface area contributed by atoms with Crippen molar-refractivity contribution < 1.29 is 23.1 Å². The van der Waals surface area contributed by atoms with Crippen LogP contribution in [0.1, 0.15) is 28.4 Å². The van der Waals surface area contributed by atoms with E-state index in [4.69, 9.17) is 5.11 Å². The number of rotatable bonds is 7. The second kappa shape index (κ2) is 7.58. The summed E-state index contributed by atoms with van der Waals surface area (Å²) in [6.45, 7) is 3.18. The topological polar surface area (TPSA) is 101 Å². The number of carbonyl (C=O) groups is 2. The van der Waals surface area contributed by atoms with Crippen LogP contribution in [0.15, 0.2) is 53.4 Å². The molecule has 0 saturated carbocycles. The van der Waals surface area contributed by atoms with Gasteiger partial charge in [-0.1, -0.05) is 42.0 Å². The van der Waals surface area contributed by atoms with Gasteiger partial charge in [0.1, 0.15) is 6.04 Å². The summed E-state index contributed by atoms with van der Waals surface area (Å²) in [6.07, 6.45) is 0.155. The second-order valence-corrected chi connectivity index (χ2v) is 7.51. The van der Waals surface area contributed by atoms with Gasteiger partial charge in [0.25, 0.3) is 0 Å². The number of carboxylic acids is 1. The summed E-state index contributed by atoms with van der Waals surface area (Å²) in [7, 11) is -3.92. The van der Waals surface area contributed by atoms with Crippen molar-refractivity contribution in [1.29, 1.82) is 0 Å². The van der Waals surface area contributed by atoms with E-state index in [1.165, 1.54) is 19.1 Å². The summed E-state index contributed by atoms with van der Waals surface area (Å²) < 4.78 is 26.3. The van der Waals surface area contributed by atoms with Crippen LogP contribution in [0, 0.1) is 6.92 Å². The smallest absolute Gasteiger partial charge is 0.321 e. The molecule has 6 nitrogen and oxygen atoms in total. The number of aryl methyl sites for hydroxylation is 1. The molecule has 0 unspecified atom stereocenters. The summed E-state index contributed by atoms with van der Waals surface area (Å²) in [5.74, 6) is -1.32. The lowest BCUT2D eigenvalue weighted by Gasteiger charge is -2.10. The van der Waals surface area contributed by atoms with Gasteiger partial charge in [-0.2, -0.15) is 4.72 Å². The Bertz CT molecular complexity index is 871. The third kappa shape index (κ3) is 4.98. The van der Waals surface area contributed by atoms with Crippen molar-refractivity contribution in [3.8, 4) is 0 Å². The Hall–Kier alpha value is -2.51. The lowest BCUT2D eigenvalue weighted by Crippen LogP contribution is -2.38. The Morgan fingerprint density at radius 3 is 2.12 bits per heavy atom. The van der Waals surface area contributed by atoms with Crippen LogP contribution in [0.25, 0.3) is 0 Å². The van der Waals surface area contributed by atoms with Gasteiger partial charge in [0, 0.05) is 12.0 Å². The van der Waals surface area contributed by atoms with Gasteiger partial charge in [0.2, 0.25) is 10.0 Å². The van der Waals surface area contributed by atoms with E-state index >= 15 is 0 Å². The van der Waals surface area contributed by atoms with E-state index < -0.39 is 22.0 Å². The van der Waals surface area contributed by atoms with Gasteiger partial charge in [-0.25, -0.2) is 8.42 Å². The van der Waals surface area contributed by atoms with Gasteiger partial charge in [0.15, 0.2) is 5.78 Å². The Labute approximate surface area is 146 Å². The van der Waals surface area contributed by atoms with Crippen molar-refractivity contribution in [2.24, 2.45) is 0 Å². The van der Waals surface area contributed by atoms with Gasteiger partial charge >= 0.3 is 5.97 Å². The van der Waals surface area contributed by atoms with Crippen molar-refractivity contribution in [3.63, 3.8) is 0 Å². The van der Waals surface area contributed by atoms with Crippen LogP contribution in [0.2, 0.25) is 0 Å². The van der Waals surface area contributed by atoms with Crippen LogP contribution in [0.3, 0.4) is 0 Å². The first-order valence-corrected chi connectivity index (χ1v) is 9.11. The van der Waals surface area contributed by atoms with E-state index in [-0.39, 0.29) is 17.1 Å². The number of aliphatic carboxylic acids is 1. The number of Topliss-reactive ketones (excluding diaryl/α,β-unsaturated/α-hetero) is 1. The molecule has 2 aromatic rings. The first kappa shape index (κ1) is 18.8. The van der Waals surface area contributed by atoms with E-state index in [1.807, 2.05) is 19.1 Å². The maximum absolute atomic E-state index is 12.2. The van der Waals surface area contributed by atoms with E-state index in [2.05, 4.69) is 4.72 Å². The van der Waals surface area contributed by atoms with Crippen molar-refractivity contribution in [2.45, 2.75) is 31.2 Å². The number of benzene rings is 2. The Morgan fingerprint density at radius 1 is 1.04 bits per heavy atom. The predicted octanol–water partition coefficient (Wildman–Crippen LogP) is 2.17. The van der Waals surface area contributed by atoms with Crippen LogP contribution in [0.5, 0.6) is 0 Å². The lowest BCUT2D eigenvalue weighted by molar-refractivity contribution is -0.138. The molecule has 0 radical (unpaired) electrons. The van der Waals surface area contributed by atoms with Crippen molar-refractivity contribution in [3.05, 3.63) is 65.2 Å². The summed E-state index contributed by atoms with van der Waals surface area (Å²) in [5.41, 5.74) is 2.34. The van der Waals surface area contributed by atoms with Crippen molar-refractivity contribution in [2.75, 3.05) is 0 Å². The van der Waals surface area contributed by atoms with Crippen LogP contribution in [-0.2, 0) is 21.2 Å². The third-order valence-electron chi connectivity index (χ3n) is 3.67. The molecular formula is C18H19NO5S. The van der Waals surface area contributed by atoms with E-state index in [1.54, 1.807) is 24.3 Å². The number of sulfonamides is 1. The number of nitrogens with one attached hydrogen (secondary N) is 1. The van der Waals surface area contributed by atoms with Crippen molar-refractivity contribution in [1.82, 2.24) is 4.72 Å².